The second-order valence-electron chi connectivity index (χ2n) is 17.1. The molecule has 338 valence electrons. The number of carbonyl (C=O) groups is 6. The van der Waals surface area contributed by atoms with Gasteiger partial charge in [0.2, 0.25) is 11.8 Å². The van der Waals surface area contributed by atoms with Crippen LogP contribution >= 0.6 is 0 Å². The second kappa shape index (κ2) is 19.8. The third-order valence-electron chi connectivity index (χ3n) is 12.6. The zero-order valence-corrected chi connectivity index (χ0v) is 37.0. The molecule has 3 aromatic rings. The van der Waals surface area contributed by atoms with E-state index in [0.29, 0.717) is 80.6 Å². The quantitative estimate of drug-likeness (QED) is 0.0453. The number of rotatable bonds is 21. The number of pyridine rings is 2. The summed E-state index contributed by atoms with van der Waals surface area (Å²) < 4.78 is 28.0. The summed E-state index contributed by atoms with van der Waals surface area (Å²) in [6.07, 6.45) is 6.75. The van der Waals surface area contributed by atoms with Crippen LogP contribution in [0.3, 0.4) is 0 Å². The molecule has 4 amide bonds. The number of nitrogens with one attached hydrogen (secondary N) is 2. The fourth-order valence-electron chi connectivity index (χ4n) is 8.83. The summed E-state index contributed by atoms with van der Waals surface area (Å²) in [5.74, 6) is -3.60. The van der Waals surface area contributed by atoms with Crippen LogP contribution in [0.25, 0.3) is 22.3 Å². The number of unbranched alkanes of at least 4 members (excludes halogenated alkanes) is 3. The van der Waals surface area contributed by atoms with Crippen LogP contribution in [0.15, 0.2) is 29.1 Å². The molecule has 3 aliphatic heterocycles. The van der Waals surface area contributed by atoms with Gasteiger partial charge in [-0.05, 0) is 80.5 Å². The van der Waals surface area contributed by atoms with E-state index >= 15 is 4.39 Å². The Balaban J connectivity index is 0.985. The normalized spacial score (nSPS) is 17.5. The number of imide groups is 1. The molecule has 0 saturated carbocycles. The summed E-state index contributed by atoms with van der Waals surface area (Å²) in [5, 5.41) is 17.6. The minimum atomic E-state index is -1.95. The van der Waals surface area contributed by atoms with Crippen molar-refractivity contribution < 1.29 is 47.7 Å². The smallest absolute Gasteiger partial charge is 0.343 e. The first kappa shape index (κ1) is 46.9. The Kier molecular flexibility index (Phi) is 14.8. The van der Waals surface area contributed by atoms with Gasteiger partial charge in [-0.25, -0.2) is 14.2 Å². The molecule has 5 heterocycles. The van der Waals surface area contributed by atoms with Gasteiger partial charge in [0.25, 0.3) is 17.4 Å². The van der Waals surface area contributed by atoms with Crippen LogP contribution in [0.5, 0.6) is 0 Å². The van der Waals surface area contributed by atoms with E-state index in [2.05, 4.69) is 10.6 Å². The number of halogens is 1. The number of carbonyl (C=O) groups excluding carboxylic acids is 6. The van der Waals surface area contributed by atoms with Crippen molar-refractivity contribution in [3.05, 3.63) is 73.8 Å². The van der Waals surface area contributed by atoms with Crippen LogP contribution in [0.4, 0.5) is 4.39 Å². The molecule has 0 fully saturated rings. The van der Waals surface area contributed by atoms with Gasteiger partial charge >= 0.3 is 5.97 Å². The van der Waals surface area contributed by atoms with Gasteiger partial charge in [-0.1, -0.05) is 41.0 Å². The van der Waals surface area contributed by atoms with Crippen LogP contribution in [-0.4, -0.2) is 80.9 Å². The van der Waals surface area contributed by atoms with E-state index in [1.807, 2.05) is 20.8 Å². The predicted octanol–water partition coefficient (Wildman–Crippen LogP) is 4.72. The highest BCUT2D eigenvalue weighted by atomic mass is 19.1. The molecule has 0 unspecified atom stereocenters. The third kappa shape index (κ3) is 9.66. The maximum atomic E-state index is 15.5. The molecule has 0 aliphatic carbocycles. The zero-order valence-electron chi connectivity index (χ0n) is 37.0. The Labute approximate surface area is 365 Å². The lowest BCUT2D eigenvalue weighted by Gasteiger charge is -2.31. The molecule has 2 aromatic heterocycles. The SMILES string of the molecule is CCc1c2c(nc3cc(F)c(C)c(CCCCOCNC(=O)[C@H](C)CC(=O)[C@@H](NC(=O)CCCCCN4C(=O)C=CC4=O)C(C)C)c13)-c1cc3c(c(=O)n1C2)COC(=O)[C@]3(O)CC. The third-order valence-corrected chi connectivity index (χ3v) is 12.6. The molecule has 3 aliphatic rings. The summed E-state index contributed by atoms with van der Waals surface area (Å²) in [7, 11) is 0. The van der Waals surface area contributed by atoms with Crippen LogP contribution in [0, 0.1) is 24.6 Å². The van der Waals surface area contributed by atoms with E-state index in [-0.39, 0.29) is 91.2 Å². The maximum absolute atomic E-state index is 15.5. The van der Waals surface area contributed by atoms with Crippen molar-refractivity contribution in [3.63, 3.8) is 0 Å². The Morgan fingerprint density at radius 1 is 0.984 bits per heavy atom. The van der Waals surface area contributed by atoms with Crippen molar-refractivity contribution >= 4 is 46.3 Å². The number of Topliss-reactive ketones (excluding diaryl/α,β-unsaturated/α-hetero) is 1. The molecular weight excluding hydrogens is 814 g/mol. The number of benzene rings is 1. The number of cyclic esters (lactones) is 1. The Morgan fingerprint density at radius 2 is 1.71 bits per heavy atom. The standard InChI is InChI=1S/C47H58FN5O10/c1-7-29-31-23-53-36(21-33-32(45(53)59)24-63-46(60)47(33,61)8-2)43(31)50-35-22-34(48)28(6)30(41(29)35)14-11-13-19-62-25-49-44(58)27(5)20-37(54)42(26(3)4)51-38(55)15-10-9-12-18-52-39(56)16-17-40(52)57/h16-17,21-22,26-27,42,61H,7-15,18-20,23-25H2,1-6H3,(H,49,58)(H,51,55)/t27-,42+,47+/m1/s1. The summed E-state index contributed by atoms with van der Waals surface area (Å²) in [6, 6.07) is 2.32. The predicted molar refractivity (Wildman–Crippen MR) is 230 cm³/mol. The van der Waals surface area contributed by atoms with Crippen molar-refractivity contribution in [2.24, 2.45) is 11.8 Å². The van der Waals surface area contributed by atoms with E-state index in [1.165, 1.54) is 23.1 Å². The minimum Gasteiger partial charge on any atom is -0.458 e. The van der Waals surface area contributed by atoms with Crippen LogP contribution in [0.2, 0.25) is 0 Å². The molecule has 0 spiro atoms. The van der Waals surface area contributed by atoms with Gasteiger partial charge in [-0.3, -0.25) is 33.7 Å². The fraction of sp³-hybridized carbons (Fsp3) is 0.532. The van der Waals surface area contributed by atoms with Gasteiger partial charge in [0.1, 0.15) is 19.2 Å². The summed E-state index contributed by atoms with van der Waals surface area (Å²) >= 11 is 0. The van der Waals surface area contributed by atoms with Gasteiger partial charge in [0.05, 0.1) is 35.1 Å². The number of aryl methyl sites for hydroxylation is 2. The number of aliphatic hydroxyl groups is 1. The van der Waals surface area contributed by atoms with E-state index in [1.54, 1.807) is 31.4 Å². The highest BCUT2D eigenvalue weighted by Crippen LogP contribution is 2.41. The maximum Gasteiger partial charge on any atom is 0.343 e. The van der Waals surface area contributed by atoms with Crippen LogP contribution in [-0.2, 0) is 69.8 Å². The molecule has 1 aromatic carbocycles. The number of ketones is 1. The van der Waals surface area contributed by atoms with Crippen molar-refractivity contribution in [1.29, 1.82) is 0 Å². The highest BCUT2D eigenvalue weighted by Gasteiger charge is 2.45. The molecular formula is C47H58FN5O10. The lowest BCUT2D eigenvalue weighted by molar-refractivity contribution is -0.172. The minimum absolute atomic E-state index is 0.0258. The molecule has 16 heteroatoms. The van der Waals surface area contributed by atoms with E-state index in [0.717, 1.165) is 22.1 Å². The van der Waals surface area contributed by atoms with Gasteiger partial charge in [0, 0.05) is 66.6 Å². The molecule has 0 radical (unpaired) electrons. The topological polar surface area (TPSA) is 203 Å². The average molecular weight is 872 g/mol. The number of amides is 4. The number of nitrogens with zero attached hydrogens (tertiary/aromatic N) is 3. The number of hydrogen-bond donors (Lipinski definition) is 3. The van der Waals surface area contributed by atoms with E-state index in [4.69, 9.17) is 14.5 Å². The average Bonchev–Trinajstić information content (AvgIpc) is 3.78. The van der Waals surface area contributed by atoms with Crippen LogP contribution in [0.1, 0.15) is 119 Å². The van der Waals surface area contributed by atoms with Crippen LogP contribution < -0.4 is 16.2 Å². The van der Waals surface area contributed by atoms with Crippen molar-refractivity contribution in [2.45, 2.75) is 131 Å². The molecule has 6 rings (SSSR count). The largest absolute Gasteiger partial charge is 0.458 e. The van der Waals surface area contributed by atoms with Crippen molar-refractivity contribution in [3.8, 4) is 11.4 Å². The second-order valence-corrected chi connectivity index (χ2v) is 17.1. The lowest BCUT2D eigenvalue weighted by atomic mass is 9.86. The van der Waals surface area contributed by atoms with Crippen molar-refractivity contribution in [2.75, 3.05) is 19.9 Å². The van der Waals surface area contributed by atoms with Gasteiger partial charge in [-0.2, -0.15) is 0 Å². The highest BCUT2D eigenvalue weighted by molar-refractivity contribution is 6.12. The Bertz CT molecular complexity index is 2410. The molecule has 63 heavy (non-hydrogen) atoms. The summed E-state index contributed by atoms with van der Waals surface area (Å²) in [5.41, 5.74) is 2.74. The number of ether oxygens (including phenoxy) is 2. The number of esters is 1. The van der Waals surface area contributed by atoms with Gasteiger partial charge < -0.3 is 29.8 Å². The summed E-state index contributed by atoms with van der Waals surface area (Å²) in [4.78, 5) is 94.6. The first-order valence-electron chi connectivity index (χ1n) is 22.0. The first-order valence-corrected chi connectivity index (χ1v) is 22.0. The molecule has 0 saturated heterocycles. The zero-order chi connectivity index (χ0) is 45.7. The first-order chi connectivity index (χ1) is 30.0. The molecule has 0 bridgehead atoms. The van der Waals surface area contributed by atoms with Gasteiger partial charge in [0.15, 0.2) is 11.4 Å². The molecule has 3 N–H and O–H groups in total. The number of hydrogen-bond acceptors (Lipinski definition) is 11. The molecule has 3 atom stereocenters. The monoisotopic (exact) mass is 871 g/mol. The molecule has 15 nitrogen and oxygen atoms in total. The van der Waals surface area contributed by atoms with Gasteiger partial charge in [-0.15, -0.1) is 0 Å². The Hall–Kier alpha value is -5.61. The number of fused-ring (bicyclic) bond motifs is 5. The number of aromatic nitrogens is 2. The van der Waals surface area contributed by atoms with Crippen molar-refractivity contribution in [1.82, 2.24) is 25.1 Å². The lowest BCUT2D eigenvalue weighted by Crippen LogP contribution is -2.45. The Morgan fingerprint density at radius 3 is 2.40 bits per heavy atom. The van der Waals surface area contributed by atoms with E-state index in [9.17, 15) is 38.7 Å². The van der Waals surface area contributed by atoms with E-state index < -0.39 is 29.3 Å². The fourth-order valence-corrected chi connectivity index (χ4v) is 8.83. The summed E-state index contributed by atoms with van der Waals surface area (Å²) in [6.45, 7) is 11.3.